The molecule has 1 aromatic heterocycles. The van der Waals surface area contributed by atoms with E-state index >= 15 is 0 Å². The number of imidazole rings is 1. The standard InChI is InChI=1S/C21H22N4O2/c26-21(27)17-6-8-18(9-7-17)24-14-12-23(13-15-24)16-20-22-10-11-25(20)19-4-2-1-3-5-19/h1-11H,12-16H2,(H,26,27). The molecule has 0 saturated carbocycles. The summed E-state index contributed by atoms with van der Waals surface area (Å²) in [4.78, 5) is 20.2. The minimum absolute atomic E-state index is 0.324. The highest BCUT2D eigenvalue weighted by Crippen LogP contribution is 2.19. The van der Waals surface area contributed by atoms with Gasteiger partial charge in [0.05, 0.1) is 12.1 Å². The Bertz CT molecular complexity index is 897. The molecule has 0 unspecified atom stereocenters. The summed E-state index contributed by atoms with van der Waals surface area (Å²) in [6.45, 7) is 4.54. The second kappa shape index (κ2) is 7.63. The molecule has 0 aliphatic carbocycles. The molecular formula is C21H22N4O2. The maximum Gasteiger partial charge on any atom is 0.335 e. The van der Waals surface area contributed by atoms with Gasteiger partial charge in [-0.25, -0.2) is 9.78 Å². The van der Waals surface area contributed by atoms with E-state index < -0.39 is 5.97 Å². The topological polar surface area (TPSA) is 61.6 Å². The van der Waals surface area contributed by atoms with Crippen LogP contribution in [0.25, 0.3) is 5.69 Å². The SMILES string of the molecule is O=C(O)c1ccc(N2CCN(Cc3nccn3-c3ccccc3)CC2)cc1. The summed E-state index contributed by atoms with van der Waals surface area (Å²) in [5, 5.41) is 9.02. The molecule has 0 bridgehead atoms. The first-order valence-electron chi connectivity index (χ1n) is 9.09. The first-order valence-corrected chi connectivity index (χ1v) is 9.09. The number of hydrogen-bond donors (Lipinski definition) is 1. The smallest absolute Gasteiger partial charge is 0.335 e. The van der Waals surface area contributed by atoms with E-state index in [2.05, 4.69) is 31.5 Å². The van der Waals surface area contributed by atoms with Crippen LogP contribution in [0.15, 0.2) is 67.0 Å². The predicted octanol–water partition coefficient (Wildman–Crippen LogP) is 2.89. The van der Waals surface area contributed by atoms with Crippen LogP contribution >= 0.6 is 0 Å². The molecule has 2 aromatic carbocycles. The summed E-state index contributed by atoms with van der Waals surface area (Å²) in [6, 6.07) is 17.4. The average molecular weight is 362 g/mol. The molecule has 0 spiro atoms. The van der Waals surface area contributed by atoms with Gasteiger partial charge in [-0.1, -0.05) is 18.2 Å². The molecular weight excluding hydrogens is 340 g/mol. The molecule has 1 saturated heterocycles. The predicted molar refractivity (Wildman–Crippen MR) is 104 cm³/mol. The third kappa shape index (κ3) is 3.85. The Morgan fingerprint density at radius 1 is 0.926 bits per heavy atom. The van der Waals surface area contributed by atoms with Gasteiger partial charge in [-0.3, -0.25) is 4.90 Å². The highest BCUT2D eigenvalue weighted by atomic mass is 16.4. The number of carboxylic acid groups (broad SMARTS) is 1. The Hall–Kier alpha value is -3.12. The number of nitrogens with zero attached hydrogens (tertiary/aromatic N) is 4. The van der Waals surface area contributed by atoms with Gasteiger partial charge in [0.1, 0.15) is 5.82 Å². The number of benzene rings is 2. The van der Waals surface area contributed by atoms with Crippen molar-refractivity contribution in [1.29, 1.82) is 0 Å². The van der Waals surface area contributed by atoms with Gasteiger partial charge in [0, 0.05) is 49.9 Å². The van der Waals surface area contributed by atoms with Crippen LogP contribution in [0.1, 0.15) is 16.2 Å². The lowest BCUT2D eigenvalue weighted by Crippen LogP contribution is -2.46. The zero-order chi connectivity index (χ0) is 18.6. The quantitative estimate of drug-likeness (QED) is 0.756. The Morgan fingerprint density at radius 3 is 2.30 bits per heavy atom. The van der Waals surface area contributed by atoms with Gasteiger partial charge in [-0.2, -0.15) is 0 Å². The normalized spacial score (nSPS) is 15.0. The van der Waals surface area contributed by atoms with Gasteiger partial charge < -0.3 is 14.6 Å². The maximum atomic E-state index is 11.0. The molecule has 1 aliphatic heterocycles. The fourth-order valence-corrected chi connectivity index (χ4v) is 3.45. The number of rotatable bonds is 5. The number of para-hydroxylation sites is 1. The maximum absolute atomic E-state index is 11.0. The first-order chi connectivity index (χ1) is 13.2. The van der Waals surface area contributed by atoms with Crippen LogP contribution in [0.3, 0.4) is 0 Å². The van der Waals surface area contributed by atoms with Crippen molar-refractivity contribution in [3.8, 4) is 5.69 Å². The average Bonchev–Trinajstić information content (AvgIpc) is 3.17. The summed E-state index contributed by atoms with van der Waals surface area (Å²) in [5.74, 6) is 0.153. The van der Waals surface area contributed by atoms with E-state index in [9.17, 15) is 4.79 Å². The second-order valence-electron chi connectivity index (χ2n) is 6.66. The number of carbonyl (C=O) groups is 1. The third-order valence-corrected chi connectivity index (χ3v) is 4.97. The van der Waals surface area contributed by atoms with Crippen LogP contribution in [0.4, 0.5) is 5.69 Å². The third-order valence-electron chi connectivity index (χ3n) is 4.97. The van der Waals surface area contributed by atoms with Crippen molar-refractivity contribution in [2.75, 3.05) is 31.1 Å². The van der Waals surface area contributed by atoms with E-state index in [1.807, 2.05) is 42.7 Å². The Labute approximate surface area is 158 Å². The van der Waals surface area contributed by atoms with E-state index in [-0.39, 0.29) is 0 Å². The molecule has 1 N–H and O–H groups in total. The van der Waals surface area contributed by atoms with Gasteiger partial charge in [-0.15, -0.1) is 0 Å². The number of anilines is 1. The van der Waals surface area contributed by atoms with Crippen molar-refractivity contribution in [3.05, 3.63) is 78.4 Å². The molecule has 27 heavy (non-hydrogen) atoms. The molecule has 0 radical (unpaired) electrons. The Morgan fingerprint density at radius 2 is 1.63 bits per heavy atom. The molecule has 6 heteroatoms. The highest BCUT2D eigenvalue weighted by molar-refractivity contribution is 5.88. The zero-order valence-corrected chi connectivity index (χ0v) is 15.0. The van der Waals surface area contributed by atoms with Crippen molar-refractivity contribution in [1.82, 2.24) is 14.5 Å². The van der Waals surface area contributed by atoms with Crippen LogP contribution in [-0.4, -0.2) is 51.7 Å². The largest absolute Gasteiger partial charge is 0.478 e. The van der Waals surface area contributed by atoms with Gasteiger partial charge in [0.15, 0.2) is 0 Å². The number of carboxylic acids is 1. The minimum Gasteiger partial charge on any atom is -0.478 e. The molecule has 4 rings (SSSR count). The van der Waals surface area contributed by atoms with Crippen LogP contribution in [0, 0.1) is 0 Å². The molecule has 6 nitrogen and oxygen atoms in total. The lowest BCUT2D eigenvalue weighted by Gasteiger charge is -2.36. The molecule has 0 amide bonds. The van der Waals surface area contributed by atoms with E-state index in [0.717, 1.165) is 49.9 Å². The Kier molecular flexibility index (Phi) is 4.89. The fourth-order valence-electron chi connectivity index (χ4n) is 3.45. The van der Waals surface area contributed by atoms with E-state index in [1.165, 1.54) is 0 Å². The number of piperazine rings is 1. The monoisotopic (exact) mass is 362 g/mol. The summed E-state index contributed by atoms with van der Waals surface area (Å²) < 4.78 is 2.14. The van der Waals surface area contributed by atoms with Crippen molar-refractivity contribution in [2.45, 2.75) is 6.54 Å². The lowest BCUT2D eigenvalue weighted by molar-refractivity contribution is 0.0697. The van der Waals surface area contributed by atoms with E-state index in [4.69, 9.17) is 5.11 Å². The molecule has 3 aromatic rings. The Balaban J connectivity index is 1.38. The summed E-state index contributed by atoms with van der Waals surface area (Å²) in [7, 11) is 0. The van der Waals surface area contributed by atoms with Crippen LogP contribution in [0.5, 0.6) is 0 Å². The second-order valence-corrected chi connectivity index (χ2v) is 6.66. The van der Waals surface area contributed by atoms with Crippen molar-refractivity contribution in [3.63, 3.8) is 0 Å². The van der Waals surface area contributed by atoms with Crippen LogP contribution in [0.2, 0.25) is 0 Å². The van der Waals surface area contributed by atoms with Crippen molar-refractivity contribution in [2.24, 2.45) is 0 Å². The first kappa shape index (κ1) is 17.3. The molecule has 2 heterocycles. The molecule has 1 fully saturated rings. The van der Waals surface area contributed by atoms with Crippen LogP contribution < -0.4 is 4.90 Å². The summed E-state index contributed by atoms with van der Waals surface area (Å²) >= 11 is 0. The molecule has 1 aliphatic rings. The van der Waals surface area contributed by atoms with Gasteiger partial charge in [-0.05, 0) is 36.4 Å². The molecule has 138 valence electrons. The highest BCUT2D eigenvalue weighted by Gasteiger charge is 2.19. The van der Waals surface area contributed by atoms with E-state index in [0.29, 0.717) is 5.56 Å². The number of aromatic carboxylic acids is 1. The number of aromatic nitrogens is 2. The number of hydrogen-bond acceptors (Lipinski definition) is 4. The zero-order valence-electron chi connectivity index (χ0n) is 15.0. The van der Waals surface area contributed by atoms with Gasteiger partial charge in [0.2, 0.25) is 0 Å². The van der Waals surface area contributed by atoms with Gasteiger partial charge in [0.25, 0.3) is 0 Å². The summed E-state index contributed by atoms with van der Waals surface area (Å²) in [6.07, 6.45) is 3.85. The molecule has 0 atom stereocenters. The van der Waals surface area contributed by atoms with Crippen molar-refractivity contribution >= 4 is 11.7 Å². The summed E-state index contributed by atoms with van der Waals surface area (Å²) in [5.41, 5.74) is 2.53. The van der Waals surface area contributed by atoms with Crippen LogP contribution in [-0.2, 0) is 6.54 Å². The van der Waals surface area contributed by atoms with E-state index in [1.54, 1.807) is 12.1 Å². The van der Waals surface area contributed by atoms with Crippen molar-refractivity contribution < 1.29 is 9.90 Å². The minimum atomic E-state index is -0.889. The van der Waals surface area contributed by atoms with Gasteiger partial charge >= 0.3 is 5.97 Å². The lowest BCUT2D eigenvalue weighted by atomic mass is 10.2. The fraction of sp³-hybridized carbons (Fsp3) is 0.238.